The first-order valence-corrected chi connectivity index (χ1v) is 8.56. The molecule has 2 N–H and O–H groups in total. The molecule has 5 heteroatoms. The maximum absolute atomic E-state index is 12.1. The van der Waals surface area contributed by atoms with E-state index in [1.165, 1.54) is 6.42 Å². The van der Waals surface area contributed by atoms with Crippen LogP contribution in [0.1, 0.15) is 44.9 Å². The Kier molecular flexibility index (Phi) is 3.47. The number of morpholine rings is 1. The van der Waals surface area contributed by atoms with Crippen molar-refractivity contribution >= 4 is 5.97 Å². The fourth-order valence-electron chi connectivity index (χ4n) is 4.29. The SMILES string of the molecule is O=C(O)C(CN1CCOC2CCCC21)(NC1CC1)C1CC1. The smallest absolute Gasteiger partial charge is 0.325 e. The number of hydrogen-bond donors (Lipinski definition) is 2. The van der Waals surface area contributed by atoms with Crippen LogP contribution < -0.4 is 5.32 Å². The summed E-state index contributed by atoms with van der Waals surface area (Å²) in [7, 11) is 0. The highest BCUT2D eigenvalue weighted by molar-refractivity contribution is 5.80. The molecule has 5 nitrogen and oxygen atoms in total. The van der Waals surface area contributed by atoms with Crippen molar-refractivity contribution in [3.8, 4) is 0 Å². The van der Waals surface area contributed by atoms with E-state index in [1.807, 2.05) is 0 Å². The predicted molar refractivity (Wildman–Crippen MR) is 78.2 cm³/mol. The summed E-state index contributed by atoms with van der Waals surface area (Å²) in [5.74, 6) is -0.323. The van der Waals surface area contributed by atoms with Crippen LogP contribution in [0.15, 0.2) is 0 Å². The minimum atomic E-state index is -0.717. The number of nitrogens with one attached hydrogen (secondary N) is 1. The van der Waals surface area contributed by atoms with E-state index in [9.17, 15) is 9.90 Å². The summed E-state index contributed by atoms with van der Waals surface area (Å²) in [5.41, 5.74) is -0.717. The van der Waals surface area contributed by atoms with Crippen molar-refractivity contribution in [3.05, 3.63) is 0 Å². The number of carboxylic acid groups (broad SMARTS) is 1. The van der Waals surface area contributed by atoms with Crippen LogP contribution >= 0.6 is 0 Å². The molecular formula is C16H26N2O3. The molecule has 4 aliphatic rings. The number of carbonyl (C=O) groups is 1. The Morgan fingerprint density at radius 2 is 2.05 bits per heavy atom. The molecule has 4 rings (SSSR count). The van der Waals surface area contributed by atoms with Gasteiger partial charge in [-0.1, -0.05) is 0 Å². The van der Waals surface area contributed by atoms with Crippen LogP contribution in [0, 0.1) is 5.92 Å². The average molecular weight is 294 g/mol. The van der Waals surface area contributed by atoms with Gasteiger partial charge in [0.15, 0.2) is 0 Å². The van der Waals surface area contributed by atoms with Crippen molar-refractivity contribution in [3.63, 3.8) is 0 Å². The highest BCUT2D eigenvalue weighted by Gasteiger charge is 2.55. The van der Waals surface area contributed by atoms with Gasteiger partial charge in [0.25, 0.3) is 0 Å². The van der Waals surface area contributed by atoms with Gasteiger partial charge in [-0.15, -0.1) is 0 Å². The summed E-state index contributed by atoms with van der Waals surface area (Å²) < 4.78 is 5.87. The molecule has 0 radical (unpaired) electrons. The highest BCUT2D eigenvalue weighted by atomic mass is 16.5. The van der Waals surface area contributed by atoms with E-state index in [4.69, 9.17) is 4.74 Å². The van der Waals surface area contributed by atoms with E-state index < -0.39 is 11.5 Å². The molecule has 0 aromatic rings. The van der Waals surface area contributed by atoms with Crippen molar-refractivity contribution < 1.29 is 14.6 Å². The first-order valence-electron chi connectivity index (χ1n) is 8.56. The summed E-state index contributed by atoms with van der Waals surface area (Å²) in [6.07, 6.45) is 8.24. The van der Waals surface area contributed by atoms with Crippen LogP contribution in [0.4, 0.5) is 0 Å². The zero-order valence-electron chi connectivity index (χ0n) is 12.6. The maximum atomic E-state index is 12.1. The molecule has 1 aliphatic heterocycles. The molecular weight excluding hydrogens is 268 g/mol. The molecule has 0 aromatic heterocycles. The quantitative estimate of drug-likeness (QED) is 0.771. The fourth-order valence-corrected chi connectivity index (χ4v) is 4.29. The number of hydrogen-bond acceptors (Lipinski definition) is 4. The van der Waals surface area contributed by atoms with Crippen molar-refractivity contribution in [1.82, 2.24) is 10.2 Å². The summed E-state index contributed by atoms with van der Waals surface area (Å²) in [6, 6.07) is 0.874. The lowest BCUT2D eigenvalue weighted by Crippen LogP contribution is -2.64. The second-order valence-electron chi connectivity index (χ2n) is 7.35. The average Bonchev–Trinajstić information content (AvgIpc) is 3.37. The molecule has 3 atom stereocenters. The lowest BCUT2D eigenvalue weighted by Gasteiger charge is -2.43. The third kappa shape index (κ3) is 2.60. The molecule has 0 amide bonds. The van der Waals surface area contributed by atoms with Crippen molar-refractivity contribution in [2.24, 2.45) is 5.92 Å². The molecule has 118 valence electrons. The van der Waals surface area contributed by atoms with E-state index in [0.29, 0.717) is 30.7 Å². The Morgan fingerprint density at radius 3 is 2.71 bits per heavy atom. The van der Waals surface area contributed by atoms with Gasteiger partial charge in [0.05, 0.1) is 12.7 Å². The zero-order chi connectivity index (χ0) is 14.4. The lowest BCUT2D eigenvalue weighted by atomic mass is 9.90. The van der Waals surface area contributed by atoms with Gasteiger partial charge < -0.3 is 9.84 Å². The third-order valence-corrected chi connectivity index (χ3v) is 5.74. The second kappa shape index (κ2) is 5.21. The number of aliphatic carboxylic acids is 1. The van der Waals surface area contributed by atoms with Crippen LogP contribution in [-0.2, 0) is 9.53 Å². The summed E-state index contributed by atoms with van der Waals surface area (Å²) in [4.78, 5) is 14.5. The molecule has 3 aliphatic carbocycles. The van der Waals surface area contributed by atoms with Crippen LogP contribution in [0.2, 0.25) is 0 Å². The van der Waals surface area contributed by atoms with Gasteiger partial charge in [-0.3, -0.25) is 15.0 Å². The van der Waals surface area contributed by atoms with Crippen LogP contribution in [0.5, 0.6) is 0 Å². The summed E-state index contributed by atoms with van der Waals surface area (Å²) in [6.45, 7) is 2.30. The number of fused-ring (bicyclic) bond motifs is 1. The Morgan fingerprint density at radius 1 is 1.24 bits per heavy atom. The maximum Gasteiger partial charge on any atom is 0.325 e. The minimum absolute atomic E-state index is 0.318. The Labute approximate surface area is 126 Å². The number of rotatable bonds is 6. The fraction of sp³-hybridized carbons (Fsp3) is 0.938. The first-order chi connectivity index (χ1) is 10.2. The van der Waals surface area contributed by atoms with Crippen LogP contribution in [-0.4, -0.2) is 59.4 Å². The molecule has 1 heterocycles. The van der Waals surface area contributed by atoms with Gasteiger partial charge in [0.1, 0.15) is 5.54 Å². The second-order valence-corrected chi connectivity index (χ2v) is 7.35. The van der Waals surface area contributed by atoms with E-state index in [2.05, 4.69) is 10.2 Å². The van der Waals surface area contributed by atoms with E-state index >= 15 is 0 Å². The van der Waals surface area contributed by atoms with Gasteiger partial charge in [-0.05, 0) is 50.9 Å². The third-order valence-electron chi connectivity index (χ3n) is 5.74. The van der Waals surface area contributed by atoms with Gasteiger partial charge in [0, 0.05) is 25.2 Å². The van der Waals surface area contributed by atoms with Crippen LogP contribution in [0.3, 0.4) is 0 Å². The van der Waals surface area contributed by atoms with Crippen molar-refractivity contribution in [1.29, 1.82) is 0 Å². The number of carboxylic acids is 1. The normalized spacial score (nSPS) is 36.2. The zero-order valence-corrected chi connectivity index (χ0v) is 12.6. The molecule has 3 saturated carbocycles. The predicted octanol–water partition coefficient (Wildman–Crippen LogP) is 1.23. The van der Waals surface area contributed by atoms with E-state index in [1.54, 1.807) is 0 Å². The molecule has 0 aromatic carbocycles. The molecule has 0 bridgehead atoms. The standard InChI is InChI=1S/C16H26N2O3/c19-15(20)16(11-4-5-11,17-12-6-7-12)10-18-8-9-21-14-3-1-2-13(14)18/h11-14,17H,1-10H2,(H,19,20). The summed E-state index contributed by atoms with van der Waals surface area (Å²) >= 11 is 0. The van der Waals surface area contributed by atoms with Crippen LogP contribution in [0.25, 0.3) is 0 Å². The molecule has 4 fully saturated rings. The van der Waals surface area contributed by atoms with E-state index in [-0.39, 0.29) is 0 Å². The summed E-state index contributed by atoms with van der Waals surface area (Å²) in [5, 5.41) is 13.5. The lowest BCUT2D eigenvalue weighted by molar-refractivity contribution is -0.149. The topological polar surface area (TPSA) is 61.8 Å². The van der Waals surface area contributed by atoms with Gasteiger partial charge >= 0.3 is 5.97 Å². The molecule has 3 unspecified atom stereocenters. The highest BCUT2D eigenvalue weighted by Crippen LogP contribution is 2.43. The Bertz CT molecular complexity index is 422. The molecule has 0 spiro atoms. The molecule has 1 saturated heterocycles. The largest absolute Gasteiger partial charge is 0.480 e. The molecule has 21 heavy (non-hydrogen) atoms. The first kappa shape index (κ1) is 14.0. The van der Waals surface area contributed by atoms with Crippen molar-refractivity contribution in [2.75, 3.05) is 19.7 Å². The Balaban J connectivity index is 1.53. The van der Waals surface area contributed by atoms with Crippen molar-refractivity contribution in [2.45, 2.75) is 68.7 Å². The van der Waals surface area contributed by atoms with Gasteiger partial charge in [-0.2, -0.15) is 0 Å². The Hall–Kier alpha value is -0.650. The number of ether oxygens (including phenoxy) is 1. The number of nitrogens with zero attached hydrogens (tertiary/aromatic N) is 1. The van der Waals surface area contributed by atoms with E-state index in [0.717, 1.165) is 51.7 Å². The van der Waals surface area contributed by atoms with Gasteiger partial charge in [-0.25, -0.2) is 0 Å². The monoisotopic (exact) mass is 294 g/mol. The minimum Gasteiger partial charge on any atom is -0.480 e. The van der Waals surface area contributed by atoms with Gasteiger partial charge in [0.2, 0.25) is 0 Å².